The molecule has 1 aromatic rings. The molecule has 3 rings (SSSR count). The lowest BCUT2D eigenvalue weighted by Gasteiger charge is -2.27. The predicted molar refractivity (Wildman–Crippen MR) is 96.7 cm³/mol. The van der Waals surface area contributed by atoms with Gasteiger partial charge in [-0.15, -0.1) is 0 Å². The first-order valence-corrected chi connectivity index (χ1v) is 10.9. The highest BCUT2D eigenvalue weighted by Gasteiger charge is 2.47. The van der Waals surface area contributed by atoms with E-state index in [9.17, 15) is 26.4 Å². The largest absolute Gasteiger partial charge is 0.465 e. The lowest BCUT2D eigenvalue weighted by atomic mass is 10.1. The van der Waals surface area contributed by atoms with Gasteiger partial charge in [0.25, 0.3) is 0 Å². The number of halogens is 3. The molecule has 2 aliphatic heterocycles. The van der Waals surface area contributed by atoms with Gasteiger partial charge in [-0.05, 0) is 25.1 Å². The Morgan fingerprint density at radius 3 is 2.78 bits per heavy atom. The highest BCUT2D eigenvalue weighted by Crippen LogP contribution is 2.37. The molecule has 1 fully saturated rings. The van der Waals surface area contributed by atoms with E-state index in [2.05, 4.69) is 4.99 Å². The van der Waals surface area contributed by atoms with E-state index in [-0.39, 0.29) is 29.6 Å². The van der Waals surface area contributed by atoms with Crippen LogP contribution in [-0.4, -0.2) is 55.5 Å². The summed E-state index contributed by atoms with van der Waals surface area (Å²) in [5.74, 6) is -0.884. The predicted octanol–water partition coefficient (Wildman–Crippen LogP) is 2.34. The summed E-state index contributed by atoms with van der Waals surface area (Å²) in [6, 6.07) is 3.52. The quantitative estimate of drug-likeness (QED) is 0.694. The summed E-state index contributed by atoms with van der Waals surface area (Å²) < 4.78 is 68.0. The third-order valence-electron chi connectivity index (χ3n) is 4.18. The van der Waals surface area contributed by atoms with E-state index in [0.717, 1.165) is 23.9 Å². The van der Waals surface area contributed by atoms with Crippen LogP contribution in [0.25, 0.3) is 0 Å². The Hall–Kier alpha value is -1.75. The molecule has 6 nitrogen and oxygen atoms in total. The van der Waals surface area contributed by atoms with Crippen LogP contribution in [0, 0.1) is 0 Å². The van der Waals surface area contributed by atoms with E-state index in [1.807, 2.05) is 0 Å². The Morgan fingerprint density at radius 2 is 2.11 bits per heavy atom. The number of aliphatic imine (C=N–C) groups is 1. The van der Waals surface area contributed by atoms with E-state index < -0.39 is 39.6 Å². The molecular formula is C16H17F3N2O4S2. The average molecular weight is 422 g/mol. The first kappa shape index (κ1) is 20.0. The summed E-state index contributed by atoms with van der Waals surface area (Å²) in [6.07, 6.45) is -4.52. The number of carbonyl (C=O) groups excluding carboxylic acids is 1. The zero-order valence-electron chi connectivity index (χ0n) is 14.3. The number of amidine groups is 1. The van der Waals surface area contributed by atoms with Crippen LogP contribution in [-0.2, 0) is 25.5 Å². The standard InChI is InChI=1S/C16H17F3N2O4S2/c1-2-25-14(22)7-26-15-20-12-8-27(23,24)9-13(12)21(15)11-5-3-4-10(6-11)16(17,18)19/h3-6,12-13H,2,7-9H2,1H3. The van der Waals surface area contributed by atoms with E-state index in [0.29, 0.717) is 5.17 Å². The Morgan fingerprint density at radius 1 is 1.37 bits per heavy atom. The molecule has 0 aliphatic carbocycles. The number of benzene rings is 1. The van der Waals surface area contributed by atoms with Crippen molar-refractivity contribution in [1.82, 2.24) is 0 Å². The van der Waals surface area contributed by atoms with Gasteiger partial charge in [0, 0.05) is 5.69 Å². The number of nitrogens with zero attached hydrogens (tertiary/aromatic N) is 2. The Balaban J connectivity index is 1.91. The van der Waals surface area contributed by atoms with Crippen molar-refractivity contribution >= 4 is 38.4 Å². The molecule has 0 saturated carbocycles. The Kier molecular flexibility index (Phi) is 5.44. The summed E-state index contributed by atoms with van der Waals surface area (Å²) in [5.41, 5.74) is -0.636. The summed E-state index contributed by atoms with van der Waals surface area (Å²) in [4.78, 5) is 17.5. The summed E-state index contributed by atoms with van der Waals surface area (Å²) in [7, 11) is -3.32. The van der Waals surface area contributed by atoms with Gasteiger partial charge < -0.3 is 9.64 Å². The molecule has 148 valence electrons. The van der Waals surface area contributed by atoms with Crippen molar-refractivity contribution in [2.75, 3.05) is 28.8 Å². The molecule has 1 aromatic carbocycles. The molecule has 2 atom stereocenters. The maximum absolute atomic E-state index is 13.1. The van der Waals surface area contributed by atoms with Crippen molar-refractivity contribution < 1.29 is 31.1 Å². The molecule has 2 aliphatic rings. The molecule has 0 aromatic heterocycles. The molecule has 27 heavy (non-hydrogen) atoms. The van der Waals surface area contributed by atoms with Gasteiger partial charge >= 0.3 is 12.1 Å². The third-order valence-corrected chi connectivity index (χ3v) is 6.82. The number of hydrogen-bond acceptors (Lipinski definition) is 7. The van der Waals surface area contributed by atoms with E-state index in [4.69, 9.17) is 4.74 Å². The van der Waals surface area contributed by atoms with Crippen molar-refractivity contribution in [3.63, 3.8) is 0 Å². The molecule has 0 N–H and O–H groups in total. The lowest BCUT2D eigenvalue weighted by Crippen LogP contribution is -2.39. The van der Waals surface area contributed by atoms with Gasteiger partial charge in [-0.3, -0.25) is 9.79 Å². The maximum Gasteiger partial charge on any atom is 0.416 e. The smallest absolute Gasteiger partial charge is 0.416 e. The Labute approximate surface area is 158 Å². The van der Waals surface area contributed by atoms with Crippen LogP contribution in [0.3, 0.4) is 0 Å². The lowest BCUT2D eigenvalue weighted by molar-refractivity contribution is -0.140. The number of thioether (sulfide) groups is 1. The van der Waals surface area contributed by atoms with Crippen LogP contribution in [0.5, 0.6) is 0 Å². The summed E-state index contributed by atoms with van der Waals surface area (Å²) >= 11 is 1.03. The molecule has 1 saturated heterocycles. The number of alkyl halides is 3. The van der Waals surface area contributed by atoms with Gasteiger partial charge in [0.2, 0.25) is 0 Å². The molecule has 2 heterocycles. The first-order chi connectivity index (χ1) is 12.6. The molecule has 0 amide bonds. The van der Waals surface area contributed by atoms with Crippen molar-refractivity contribution in [1.29, 1.82) is 0 Å². The third kappa shape index (κ3) is 4.40. The van der Waals surface area contributed by atoms with Crippen LogP contribution < -0.4 is 4.90 Å². The minimum Gasteiger partial charge on any atom is -0.465 e. The fourth-order valence-electron chi connectivity index (χ4n) is 3.09. The van der Waals surface area contributed by atoms with E-state index in [1.54, 1.807) is 6.92 Å². The van der Waals surface area contributed by atoms with Crippen LogP contribution in [0.15, 0.2) is 29.3 Å². The molecular weight excluding hydrogens is 405 g/mol. The number of esters is 1. The van der Waals surface area contributed by atoms with Gasteiger partial charge in [0.15, 0.2) is 15.0 Å². The van der Waals surface area contributed by atoms with Crippen molar-refractivity contribution in [3.8, 4) is 0 Å². The zero-order valence-corrected chi connectivity index (χ0v) is 15.9. The van der Waals surface area contributed by atoms with Gasteiger partial charge in [-0.25, -0.2) is 8.42 Å². The van der Waals surface area contributed by atoms with Crippen molar-refractivity contribution in [3.05, 3.63) is 29.8 Å². The first-order valence-electron chi connectivity index (χ1n) is 8.14. The normalized spacial score (nSPS) is 23.9. The SMILES string of the molecule is CCOC(=O)CSC1=NC2CS(=O)(=O)CC2N1c1cccc(C(F)(F)F)c1. The number of fused-ring (bicyclic) bond motifs is 1. The van der Waals surface area contributed by atoms with Gasteiger partial charge in [-0.2, -0.15) is 13.2 Å². The molecule has 0 spiro atoms. The van der Waals surface area contributed by atoms with Gasteiger partial charge in [0.1, 0.15) is 0 Å². The number of hydrogen-bond donors (Lipinski definition) is 0. The second-order valence-electron chi connectivity index (χ2n) is 6.14. The average Bonchev–Trinajstić information content (AvgIpc) is 3.03. The van der Waals surface area contributed by atoms with Crippen LogP contribution in [0.2, 0.25) is 0 Å². The number of rotatable bonds is 4. The molecule has 11 heteroatoms. The number of ether oxygens (including phenoxy) is 1. The second-order valence-corrected chi connectivity index (χ2v) is 9.23. The minimum absolute atomic E-state index is 0.0612. The maximum atomic E-state index is 13.1. The molecule has 0 radical (unpaired) electrons. The molecule has 2 unspecified atom stereocenters. The van der Waals surface area contributed by atoms with E-state index in [1.165, 1.54) is 17.0 Å². The summed E-state index contributed by atoms with van der Waals surface area (Å²) in [6.45, 7) is 1.88. The fraction of sp³-hybridized carbons (Fsp3) is 0.500. The number of sulfone groups is 1. The van der Waals surface area contributed by atoms with Crippen LogP contribution in [0.1, 0.15) is 12.5 Å². The van der Waals surface area contributed by atoms with Gasteiger partial charge in [-0.1, -0.05) is 17.8 Å². The van der Waals surface area contributed by atoms with Crippen molar-refractivity contribution in [2.45, 2.75) is 25.2 Å². The van der Waals surface area contributed by atoms with Gasteiger partial charge in [0.05, 0.1) is 41.5 Å². The number of carbonyl (C=O) groups is 1. The monoisotopic (exact) mass is 422 g/mol. The zero-order chi connectivity index (χ0) is 19.8. The highest BCUT2D eigenvalue weighted by atomic mass is 32.2. The van der Waals surface area contributed by atoms with Crippen LogP contribution in [0.4, 0.5) is 18.9 Å². The molecule has 0 bridgehead atoms. The minimum atomic E-state index is -4.52. The second kappa shape index (κ2) is 7.34. The Bertz CT molecular complexity index is 871. The van der Waals surface area contributed by atoms with E-state index >= 15 is 0 Å². The van der Waals surface area contributed by atoms with Crippen molar-refractivity contribution in [2.24, 2.45) is 4.99 Å². The van der Waals surface area contributed by atoms with Crippen LogP contribution >= 0.6 is 11.8 Å². The topological polar surface area (TPSA) is 76.0 Å². The highest BCUT2D eigenvalue weighted by molar-refractivity contribution is 8.14. The fourth-order valence-corrected chi connectivity index (χ4v) is 5.86. The summed E-state index contributed by atoms with van der Waals surface area (Å²) in [5, 5.41) is 0.326. The number of anilines is 1.